The molecule has 1 aliphatic heterocycles. The summed E-state index contributed by atoms with van der Waals surface area (Å²) in [6.45, 7) is 2.87. The largest absolute Gasteiger partial charge is 0.466 e. The average molecular weight is 280 g/mol. The zero-order valence-corrected chi connectivity index (χ0v) is 11.3. The molecule has 5 nitrogen and oxygen atoms in total. The zero-order valence-electron chi connectivity index (χ0n) is 11.3. The van der Waals surface area contributed by atoms with Crippen molar-refractivity contribution in [1.82, 2.24) is 9.88 Å². The van der Waals surface area contributed by atoms with Crippen molar-refractivity contribution in [3.05, 3.63) is 29.8 Å². The van der Waals surface area contributed by atoms with Crippen molar-refractivity contribution >= 4 is 11.9 Å². The molecule has 6 heteroatoms. The monoisotopic (exact) mass is 280 g/mol. The molecule has 1 aromatic rings. The Bertz CT molecular complexity index is 507. The fourth-order valence-electron chi connectivity index (χ4n) is 2.33. The molecule has 2 rings (SSSR count). The maximum absolute atomic E-state index is 13.6. The molecule has 0 aromatic carbocycles. The Morgan fingerprint density at radius 2 is 2.35 bits per heavy atom. The molecule has 1 saturated heterocycles. The van der Waals surface area contributed by atoms with Gasteiger partial charge in [0, 0.05) is 19.3 Å². The van der Waals surface area contributed by atoms with Crippen LogP contribution in [-0.4, -0.2) is 41.5 Å². The van der Waals surface area contributed by atoms with Crippen LogP contribution in [0.25, 0.3) is 0 Å². The predicted octanol–water partition coefficient (Wildman–Crippen LogP) is 1.64. The number of hydrogen-bond acceptors (Lipinski definition) is 4. The van der Waals surface area contributed by atoms with E-state index in [4.69, 9.17) is 4.74 Å². The number of pyridine rings is 1. The maximum Gasteiger partial charge on any atom is 0.310 e. The zero-order chi connectivity index (χ0) is 14.5. The summed E-state index contributed by atoms with van der Waals surface area (Å²) in [5.41, 5.74) is -0.00971. The lowest BCUT2D eigenvalue weighted by Crippen LogP contribution is -2.43. The molecule has 1 fully saturated rings. The van der Waals surface area contributed by atoms with Gasteiger partial charge in [-0.3, -0.25) is 14.6 Å². The van der Waals surface area contributed by atoms with Gasteiger partial charge in [-0.15, -0.1) is 0 Å². The molecule has 108 valence electrons. The summed E-state index contributed by atoms with van der Waals surface area (Å²) in [6.07, 6.45) is 3.80. The normalized spacial score (nSPS) is 18.7. The van der Waals surface area contributed by atoms with Crippen LogP contribution in [0.15, 0.2) is 18.5 Å². The number of rotatable bonds is 3. The van der Waals surface area contributed by atoms with Gasteiger partial charge < -0.3 is 9.64 Å². The summed E-state index contributed by atoms with van der Waals surface area (Å²) in [5, 5.41) is 0. The number of esters is 1. The number of amides is 1. The summed E-state index contributed by atoms with van der Waals surface area (Å²) in [5.74, 6) is -1.66. The molecule has 1 unspecified atom stereocenters. The number of halogens is 1. The Hall–Kier alpha value is -1.98. The third-order valence-corrected chi connectivity index (χ3v) is 3.33. The molecule has 0 N–H and O–H groups in total. The summed E-state index contributed by atoms with van der Waals surface area (Å²) in [7, 11) is 0. The highest BCUT2D eigenvalue weighted by Gasteiger charge is 2.30. The fourth-order valence-corrected chi connectivity index (χ4v) is 2.33. The van der Waals surface area contributed by atoms with E-state index < -0.39 is 11.7 Å². The van der Waals surface area contributed by atoms with Crippen LogP contribution in [-0.2, 0) is 9.53 Å². The van der Waals surface area contributed by atoms with Crippen molar-refractivity contribution < 1.29 is 18.7 Å². The van der Waals surface area contributed by atoms with Crippen LogP contribution in [0.5, 0.6) is 0 Å². The Morgan fingerprint density at radius 3 is 3.05 bits per heavy atom. The number of nitrogens with zero attached hydrogens (tertiary/aromatic N) is 2. The molecule has 1 atom stereocenters. The van der Waals surface area contributed by atoms with Crippen LogP contribution in [0.3, 0.4) is 0 Å². The van der Waals surface area contributed by atoms with E-state index in [-0.39, 0.29) is 24.0 Å². The van der Waals surface area contributed by atoms with E-state index in [9.17, 15) is 14.0 Å². The molecular weight excluding hydrogens is 263 g/mol. The van der Waals surface area contributed by atoms with Gasteiger partial charge in [-0.2, -0.15) is 0 Å². The van der Waals surface area contributed by atoms with Gasteiger partial charge in [-0.05, 0) is 25.8 Å². The van der Waals surface area contributed by atoms with Gasteiger partial charge >= 0.3 is 5.97 Å². The van der Waals surface area contributed by atoms with Crippen molar-refractivity contribution in [3.8, 4) is 0 Å². The second kappa shape index (κ2) is 6.45. The number of aromatic nitrogens is 1. The number of likely N-dealkylation sites (tertiary alicyclic amines) is 1. The average Bonchev–Trinajstić information content (AvgIpc) is 2.47. The predicted molar refractivity (Wildman–Crippen MR) is 69.5 cm³/mol. The molecule has 20 heavy (non-hydrogen) atoms. The molecule has 1 aromatic heterocycles. The minimum absolute atomic E-state index is 0.00971. The number of carbonyl (C=O) groups excluding carboxylic acids is 2. The lowest BCUT2D eigenvalue weighted by atomic mass is 9.97. The van der Waals surface area contributed by atoms with Crippen LogP contribution in [0.2, 0.25) is 0 Å². The van der Waals surface area contributed by atoms with Gasteiger partial charge in [-0.25, -0.2) is 4.39 Å². The maximum atomic E-state index is 13.6. The van der Waals surface area contributed by atoms with Gasteiger partial charge in [0.15, 0.2) is 5.82 Å². The van der Waals surface area contributed by atoms with Gasteiger partial charge in [0.1, 0.15) is 0 Å². The van der Waals surface area contributed by atoms with Crippen molar-refractivity contribution in [2.75, 3.05) is 19.7 Å². The van der Waals surface area contributed by atoms with Crippen molar-refractivity contribution in [2.24, 2.45) is 5.92 Å². The summed E-state index contributed by atoms with van der Waals surface area (Å²) >= 11 is 0. The Kier molecular flexibility index (Phi) is 4.65. The Labute approximate surface area is 116 Å². The van der Waals surface area contributed by atoms with Crippen molar-refractivity contribution in [2.45, 2.75) is 19.8 Å². The number of hydrogen-bond donors (Lipinski definition) is 0. The first-order chi connectivity index (χ1) is 9.63. The highest BCUT2D eigenvalue weighted by Crippen LogP contribution is 2.20. The van der Waals surface area contributed by atoms with E-state index in [1.807, 2.05) is 0 Å². The van der Waals surface area contributed by atoms with Gasteiger partial charge in [0.05, 0.1) is 24.3 Å². The van der Waals surface area contributed by atoms with Gasteiger partial charge in [0.25, 0.3) is 5.91 Å². The standard InChI is InChI=1S/C14H17FN2O3/c1-2-20-14(19)10-4-3-7-17(9-10)13(18)11-5-6-16-8-12(11)15/h5-6,8,10H,2-4,7,9H2,1H3. The molecule has 0 saturated carbocycles. The van der Waals surface area contributed by atoms with Crippen LogP contribution in [0.4, 0.5) is 4.39 Å². The molecule has 0 aliphatic carbocycles. The number of ether oxygens (including phenoxy) is 1. The van der Waals surface area contributed by atoms with E-state index in [1.165, 1.54) is 17.2 Å². The first kappa shape index (κ1) is 14.4. The van der Waals surface area contributed by atoms with Crippen molar-refractivity contribution in [1.29, 1.82) is 0 Å². The molecule has 0 spiro atoms. The number of carbonyl (C=O) groups is 2. The van der Waals surface area contributed by atoms with E-state index in [2.05, 4.69) is 4.98 Å². The van der Waals surface area contributed by atoms with E-state index in [1.54, 1.807) is 6.92 Å². The molecule has 0 radical (unpaired) electrons. The Balaban J connectivity index is 2.07. The van der Waals surface area contributed by atoms with Gasteiger partial charge in [0.2, 0.25) is 0 Å². The first-order valence-corrected chi connectivity index (χ1v) is 6.69. The van der Waals surface area contributed by atoms with Gasteiger partial charge in [-0.1, -0.05) is 0 Å². The van der Waals surface area contributed by atoms with E-state index in [0.29, 0.717) is 26.0 Å². The highest BCUT2D eigenvalue weighted by atomic mass is 19.1. The minimum Gasteiger partial charge on any atom is -0.466 e. The van der Waals surface area contributed by atoms with Crippen molar-refractivity contribution in [3.63, 3.8) is 0 Å². The lowest BCUT2D eigenvalue weighted by molar-refractivity contribution is -0.149. The minimum atomic E-state index is -0.643. The quantitative estimate of drug-likeness (QED) is 0.790. The topological polar surface area (TPSA) is 59.5 Å². The molecule has 1 aliphatic rings. The second-order valence-electron chi connectivity index (χ2n) is 4.70. The van der Waals surface area contributed by atoms with Crippen LogP contribution in [0, 0.1) is 11.7 Å². The smallest absolute Gasteiger partial charge is 0.310 e. The number of piperidine rings is 1. The van der Waals surface area contributed by atoms with Crippen LogP contribution < -0.4 is 0 Å². The third kappa shape index (κ3) is 3.12. The SMILES string of the molecule is CCOC(=O)C1CCCN(C(=O)c2ccncc2F)C1. The molecule has 1 amide bonds. The lowest BCUT2D eigenvalue weighted by Gasteiger charge is -2.31. The summed E-state index contributed by atoms with van der Waals surface area (Å²) < 4.78 is 18.5. The molecule has 0 bridgehead atoms. The third-order valence-electron chi connectivity index (χ3n) is 3.33. The first-order valence-electron chi connectivity index (χ1n) is 6.69. The summed E-state index contributed by atoms with van der Waals surface area (Å²) in [6, 6.07) is 1.35. The Morgan fingerprint density at radius 1 is 1.55 bits per heavy atom. The molecular formula is C14H17FN2O3. The molecule has 2 heterocycles. The fraction of sp³-hybridized carbons (Fsp3) is 0.500. The van der Waals surface area contributed by atoms with E-state index >= 15 is 0 Å². The second-order valence-corrected chi connectivity index (χ2v) is 4.70. The van der Waals surface area contributed by atoms with Crippen LogP contribution >= 0.6 is 0 Å². The highest BCUT2D eigenvalue weighted by molar-refractivity contribution is 5.94. The van der Waals surface area contributed by atoms with Crippen LogP contribution in [0.1, 0.15) is 30.1 Å². The summed E-state index contributed by atoms with van der Waals surface area (Å²) in [4.78, 5) is 29.1. The van der Waals surface area contributed by atoms with E-state index in [0.717, 1.165) is 6.20 Å².